The summed E-state index contributed by atoms with van der Waals surface area (Å²) in [5, 5.41) is 5.60. The van der Waals surface area contributed by atoms with Crippen molar-refractivity contribution in [3.05, 3.63) is 0 Å². The van der Waals surface area contributed by atoms with Crippen LogP contribution >= 0.6 is 0 Å². The molecule has 0 saturated heterocycles. The molecule has 0 aliphatic rings. The van der Waals surface area contributed by atoms with Crippen molar-refractivity contribution in [3.63, 3.8) is 0 Å². The zero-order valence-electron chi connectivity index (χ0n) is 9.63. The number of hydrogen-bond donors (Lipinski definition) is 2. The fraction of sp³-hybridized carbons (Fsp3) is 0.800. The van der Waals surface area contributed by atoms with E-state index >= 15 is 0 Å². The first-order valence-corrected chi connectivity index (χ1v) is 5.22. The van der Waals surface area contributed by atoms with Gasteiger partial charge in [0, 0.05) is 19.0 Å². The normalized spacial score (nSPS) is 10.1. The van der Waals surface area contributed by atoms with Crippen molar-refractivity contribution < 1.29 is 14.3 Å². The predicted molar refractivity (Wildman–Crippen MR) is 57.4 cm³/mol. The van der Waals surface area contributed by atoms with Crippen molar-refractivity contribution in [2.75, 3.05) is 19.7 Å². The van der Waals surface area contributed by atoms with Crippen LogP contribution in [0.1, 0.15) is 27.2 Å². The Kier molecular flexibility index (Phi) is 7.62. The third-order valence-electron chi connectivity index (χ3n) is 1.64. The van der Waals surface area contributed by atoms with Gasteiger partial charge in [-0.15, -0.1) is 0 Å². The Balaban J connectivity index is 3.45. The predicted octanol–water partition coefficient (Wildman–Crippen LogP) is 0.0538. The molecule has 5 heteroatoms. The summed E-state index contributed by atoms with van der Waals surface area (Å²) in [6.45, 7) is 6.66. The number of nitrogens with one attached hydrogen (secondary N) is 2. The van der Waals surface area contributed by atoms with E-state index in [1.165, 1.54) is 0 Å². The lowest BCUT2D eigenvalue weighted by Crippen LogP contribution is -2.34. The van der Waals surface area contributed by atoms with E-state index in [0.29, 0.717) is 25.6 Å². The van der Waals surface area contributed by atoms with Gasteiger partial charge in [-0.25, -0.2) is 0 Å². The Labute approximate surface area is 90.6 Å². The summed E-state index contributed by atoms with van der Waals surface area (Å²) >= 11 is 0. The fourth-order valence-corrected chi connectivity index (χ4v) is 0.946. The van der Waals surface area contributed by atoms with E-state index in [2.05, 4.69) is 15.4 Å². The molecule has 0 bridgehead atoms. The minimum atomic E-state index is -0.400. The van der Waals surface area contributed by atoms with Gasteiger partial charge in [-0.05, 0) is 6.92 Å². The van der Waals surface area contributed by atoms with E-state index in [-0.39, 0.29) is 12.5 Å². The van der Waals surface area contributed by atoms with Crippen molar-refractivity contribution in [1.82, 2.24) is 10.6 Å². The Hall–Kier alpha value is -1.10. The number of amides is 1. The lowest BCUT2D eigenvalue weighted by molar-refractivity contribution is -0.143. The molecule has 0 aromatic heterocycles. The molecule has 0 radical (unpaired) electrons. The van der Waals surface area contributed by atoms with E-state index in [9.17, 15) is 9.59 Å². The van der Waals surface area contributed by atoms with Gasteiger partial charge < -0.3 is 15.4 Å². The highest BCUT2D eigenvalue weighted by molar-refractivity contribution is 5.81. The van der Waals surface area contributed by atoms with Crippen LogP contribution in [0.4, 0.5) is 0 Å². The Morgan fingerprint density at radius 2 is 2.00 bits per heavy atom. The first-order chi connectivity index (χ1) is 7.06. The first-order valence-electron chi connectivity index (χ1n) is 5.22. The molecule has 0 unspecified atom stereocenters. The molecule has 5 nitrogen and oxygen atoms in total. The molecule has 0 aliphatic carbocycles. The Morgan fingerprint density at radius 3 is 2.53 bits per heavy atom. The Bertz CT molecular complexity index is 205. The molecule has 1 amide bonds. The Morgan fingerprint density at radius 1 is 1.33 bits per heavy atom. The van der Waals surface area contributed by atoms with Crippen LogP contribution in [0, 0.1) is 0 Å². The van der Waals surface area contributed by atoms with Crippen molar-refractivity contribution in [2.24, 2.45) is 0 Å². The molecule has 0 fully saturated rings. The lowest BCUT2D eigenvalue weighted by Gasteiger charge is -2.08. The molecular weight excluding hydrogens is 196 g/mol. The second-order valence-electron chi connectivity index (χ2n) is 3.44. The van der Waals surface area contributed by atoms with E-state index < -0.39 is 5.97 Å². The summed E-state index contributed by atoms with van der Waals surface area (Å²) in [7, 11) is 0. The quantitative estimate of drug-likeness (QED) is 0.590. The molecule has 2 N–H and O–H groups in total. The van der Waals surface area contributed by atoms with Gasteiger partial charge in [-0.1, -0.05) is 13.8 Å². The van der Waals surface area contributed by atoms with E-state index in [4.69, 9.17) is 0 Å². The van der Waals surface area contributed by atoms with Crippen LogP contribution in [-0.2, 0) is 14.3 Å². The molecule has 15 heavy (non-hydrogen) atoms. The third kappa shape index (κ3) is 9.21. The maximum atomic E-state index is 11.2. The molecule has 0 aliphatic heterocycles. The highest BCUT2D eigenvalue weighted by atomic mass is 16.5. The maximum absolute atomic E-state index is 11.2. The number of hydrogen-bond acceptors (Lipinski definition) is 4. The highest BCUT2D eigenvalue weighted by Crippen LogP contribution is 1.82. The fourth-order valence-electron chi connectivity index (χ4n) is 0.946. The van der Waals surface area contributed by atoms with Crippen LogP contribution in [0.25, 0.3) is 0 Å². The molecule has 0 rings (SSSR count). The van der Waals surface area contributed by atoms with Crippen molar-refractivity contribution >= 4 is 11.9 Å². The zero-order chi connectivity index (χ0) is 11.7. The minimum absolute atomic E-state index is 0.0473. The van der Waals surface area contributed by atoms with Crippen LogP contribution in [0.3, 0.4) is 0 Å². The second kappa shape index (κ2) is 8.23. The van der Waals surface area contributed by atoms with Crippen LogP contribution < -0.4 is 10.6 Å². The van der Waals surface area contributed by atoms with E-state index in [0.717, 1.165) is 0 Å². The number of rotatable bonds is 7. The smallest absolute Gasteiger partial charge is 0.325 e. The molecule has 0 heterocycles. The molecule has 88 valence electrons. The average Bonchev–Trinajstić information content (AvgIpc) is 2.14. The van der Waals surface area contributed by atoms with Crippen LogP contribution in [-0.4, -0.2) is 37.6 Å². The second-order valence-corrected chi connectivity index (χ2v) is 3.44. The van der Waals surface area contributed by atoms with Gasteiger partial charge in [0.2, 0.25) is 5.91 Å². The van der Waals surface area contributed by atoms with Crippen molar-refractivity contribution in [1.29, 1.82) is 0 Å². The SMILES string of the molecule is CCOC(=O)CNC(=O)CCNC(C)C. The first kappa shape index (κ1) is 13.9. The van der Waals surface area contributed by atoms with Gasteiger partial charge in [-0.3, -0.25) is 9.59 Å². The number of ether oxygens (including phenoxy) is 1. The molecular formula is C10H20N2O3. The number of carbonyl (C=O) groups is 2. The highest BCUT2D eigenvalue weighted by Gasteiger charge is 2.05. The minimum Gasteiger partial charge on any atom is -0.465 e. The van der Waals surface area contributed by atoms with Crippen LogP contribution in [0.2, 0.25) is 0 Å². The average molecular weight is 216 g/mol. The van der Waals surface area contributed by atoms with E-state index in [1.807, 2.05) is 13.8 Å². The van der Waals surface area contributed by atoms with Crippen LogP contribution in [0.15, 0.2) is 0 Å². The van der Waals surface area contributed by atoms with E-state index in [1.54, 1.807) is 6.92 Å². The van der Waals surface area contributed by atoms with Gasteiger partial charge in [0.25, 0.3) is 0 Å². The molecule has 0 spiro atoms. The summed E-state index contributed by atoms with van der Waals surface area (Å²) in [6.07, 6.45) is 0.373. The van der Waals surface area contributed by atoms with Gasteiger partial charge in [0.1, 0.15) is 6.54 Å². The van der Waals surface area contributed by atoms with Crippen LogP contribution in [0.5, 0.6) is 0 Å². The standard InChI is InChI=1S/C10H20N2O3/c1-4-15-10(14)7-12-9(13)5-6-11-8(2)3/h8,11H,4-7H2,1-3H3,(H,12,13). The summed E-state index contributed by atoms with van der Waals surface area (Å²) in [6, 6.07) is 0.364. The largest absolute Gasteiger partial charge is 0.465 e. The summed E-state index contributed by atoms with van der Waals surface area (Å²) < 4.78 is 4.67. The molecule has 0 aromatic carbocycles. The maximum Gasteiger partial charge on any atom is 0.325 e. The monoisotopic (exact) mass is 216 g/mol. The van der Waals surface area contributed by atoms with Gasteiger partial charge in [0.15, 0.2) is 0 Å². The summed E-state index contributed by atoms with van der Waals surface area (Å²) in [4.78, 5) is 22.1. The topological polar surface area (TPSA) is 67.4 Å². The summed E-state index contributed by atoms with van der Waals surface area (Å²) in [5.41, 5.74) is 0. The third-order valence-corrected chi connectivity index (χ3v) is 1.64. The number of carbonyl (C=O) groups excluding carboxylic acids is 2. The lowest BCUT2D eigenvalue weighted by atomic mass is 10.3. The molecule has 0 aromatic rings. The van der Waals surface area contributed by atoms with Gasteiger partial charge in [-0.2, -0.15) is 0 Å². The van der Waals surface area contributed by atoms with Crippen molar-refractivity contribution in [2.45, 2.75) is 33.2 Å². The number of esters is 1. The van der Waals surface area contributed by atoms with Gasteiger partial charge in [0.05, 0.1) is 6.61 Å². The van der Waals surface area contributed by atoms with Gasteiger partial charge >= 0.3 is 5.97 Å². The molecule has 0 saturated carbocycles. The van der Waals surface area contributed by atoms with Crippen molar-refractivity contribution in [3.8, 4) is 0 Å². The summed E-state index contributed by atoms with van der Waals surface area (Å²) in [5.74, 6) is -0.543. The molecule has 0 atom stereocenters. The zero-order valence-corrected chi connectivity index (χ0v) is 9.63.